The molecule has 0 aromatic heterocycles. The van der Waals surface area contributed by atoms with E-state index < -0.39 is 6.61 Å². The van der Waals surface area contributed by atoms with Crippen molar-refractivity contribution >= 4 is 29.3 Å². The Balaban J connectivity index is 2.20. The molecule has 2 N–H and O–H groups in total. The first-order valence-corrected chi connectivity index (χ1v) is 5.84. The van der Waals surface area contributed by atoms with Crippen LogP contribution in [0.25, 0.3) is 0 Å². The second-order valence-corrected chi connectivity index (χ2v) is 4.42. The number of nitrogens with one attached hydrogen (secondary N) is 1. The number of rotatable bonds is 5. The second-order valence-electron chi connectivity index (χ2n) is 2.81. The van der Waals surface area contributed by atoms with Gasteiger partial charge in [-0.3, -0.25) is 4.79 Å². The van der Waals surface area contributed by atoms with E-state index in [0.29, 0.717) is 11.6 Å². The molecule has 0 aliphatic heterocycles. The van der Waals surface area contributed by atoms with Gasteiger partial charge in [0.25, 0.3) is 0 Å². The highest BCUT2D eigenvalue weighted by Crippen LogP contribution is 2.19. The van der Waals surface area contributed by atoms with Gasteiger partial charge in [-0.05, 0) is 24.3 Å². The monoisotopic (exact) mass is 245 g/mol. The Morgan fingerprint density at radius 2 is 2.07 bits per heavy atom. The first-order valence-electron chi connectivity index (χ1n) is 4.48. The van der Waals surface area contributed by atoms with Crippen LogP contribution in [-0.2, 0) is 4.79 Å². The van der Waals surface area contributed by atoms with Crippen molar-refractivity contribution in [1.82, 2.24) is 5.32 Å². The van der Waals surface area contributed by atoms with Crippen molar-refractivity contribution in [3.63, 3.8) is 0 Å². The largest absolute Gasteiger partial charge is 0.387 e. The third-order valence-corrected chi connectivity index (χ3v) is 2.92. The Labute approximate surface area is 97.8 Å². The van der Waals surface area contributed by atoms with Crippen LogP contribution < -0.4 is 5.32 Å². The van der Waals surface area contributed by atoms with Gasteiger partial charge >= 0.3 is 0 Å². The van der Waals surface area contributed by atoms with E-state index in [1.54, 1.807) is 11.8 Å². The molecule has 0 aliphatic carbocycles. The second kappa shape index (κ2) is 6.71. The van der Waals surface area contributed by atoms with Crippen LogP contribution in [0, 0.1) is 0 Å². The van der Waals surface area contributed by atoms with Crippen LogP contribution >= 0.6 is 23.4 Å². The lowest BCUT2D eigenvalue weighted by molar-refractivity contribution is -0.123. The number of carbonyl (C=O) groups excluding carboxylic acids is 1. The summed E-state index contributed by atoms with van der Waals surface area (Å²) in [5, 5.41) is 11.7. The first kappa shape index (κ1) is 12.4. The van der Waals surface area contributed by atoms with Crippen LogP contribution in [0.4, 0.5) is 0 Å². The highest BCUT2D eigenvalue weighted by atomic mass is 35.5. The van der Waals surface area contributed by atoms with Gasteiger partial charge in [-0.2, -0.15) is 0 Å². The molecule has 0 radical (unpaired) electrons. The predicted octanol–water partition coefficient (Wildman–Crippen LogP) is 1.54. The molecule has 0 saturated carbocycles. The summed E-state index contributed by atoms with van der Waals surface area (Å²) in [6.45, 7) is 0.0955. The fourth-order valence-corrected chi connectivity index (χ4v) is 1.84. The van der Waals surface area contributed by atoms with Gasteiger partial charge in [-0.25, -0.2) is 0 Å². The Kier molecular flexibility index (Phi) is 5.53. The van der Waals surface area contributed by atoms with E-state index in [1.165, 1.54) is 0 Å². The molecule has 0 aliphatic rings. The molecule has 5 heteroatoms. The lowest BCUT2D eigenvalue weighted by Gasteiger charge is -2.03. The molecule has 15 heavy (non-hydrogen) atoms. The Bertz CT molecular complexity index is 316. The smallest absolute Gasteiger partial charge is 0.245 e. The fraction of sp³-hybridized carbons (Fsp3) is 0.300. The molecule has 3 nitrogen and oxygen atoms in total. The molecular formula is C10H12ClNO2S. The minimum absolute atomic E-state index is 0.341. The predicted molar refractivity (Wildman–Crippen MR) is 62.3 cm³/mol. The summed E-state index contributed by atoms with van der Waals surface area (Å²) in [4.78, 5) is 11.8. The zero-order valence-corrected chi connectivity index (χ0v) is 9.64. The number of thioether (sulfide) groups is 1. The average Bonchev–Trinajstić information content (AvgIpc) is 2.26. The Morgan fingerprint density at radius 1 is 1.40 bits per heavy atom. The number of amides is 1. The summed E-state index contributed by atoms with van der Waals surface area (Å²) in [7, 11) is 0. The molecule has 1 aromatic rings. The van der Waals surface area contributed by atoms with Crippen molar-refractivity contribution < 1.29 is 9.90 Å². The summed E-state index contributed by atoms with van der Waals surface area (Å²) < 4.78 is 0. The van der Waals surface area contributed by atoms with Gasteiger partial charge < -0.3 is 10.4 Å². The molecule has 0 fully saturated rings. The molecule has 1 aromatic carbocycles. The van der Waals surface area contributed by atoms with Gasteiger partial charge in [0.05, 0.1) is 0 Å². The Hall–Kier alpha value is -0.710. The SMILES string of the molecule is O=C(CO)NCCSc1ccc(Cl)cc1. The number of benzene rings is 1. The number of aliphatic hydroxyl groups excluding tert-OH is 1. The number of hydrogen-bond acceptors (Lipinski definition) is 3. The molecule has 1 amide bonds. The maximum atomic E-state index is 10.7. The summed E-state index contributed by atoms with van der Waals surface area (Å²) >= 11 is 7.37. The van der Waals surface area contributed by atoms with E-state index in [1.807, 2.05) is 24.3 Å². The van der Waals surface area contributed by atoms with Crippen molar-refractivity contribution in [2.24, 2.45) is 0 Å². The number of aliphatic hydroxyl groups is 1. The van der Waals surface area contributed by atoms with Crippen molar-refractivity contribution in [1.29, 1.82) is 0 Å². The van der Waals surface area contributed by atoms with Gasteiger partial charge in [0, 0.05) is 22.2 Å². The zero-order valence-electron chi connectivity index (χ0n) is 8.07. The topological polar surface area (TPSA) is 49.3 Å². The zero-order chi connectivity index (χ0) is 11.1. The van der Waals surface area contributed by atoms with E-state index in [0.717, 1.165) is 10.6 Å². The van der Waals surface area contributed by atoms with E-state index in [9.17, 15) is 4.79 Å². The summed E-state index contributed by atoms with van der Waals surface area (Å²) in [6.07, 6.45) is 0. The van der Waals surface area contributed by atoms with Crippen LogP contribution in [0.5, 0.6) is 0 Å². The molecule has 0 heterocycles. The van der Waals surface area contributed by atoms with E-state index in [4.69, 9.17) is 16.7 Å². The maximum Gasteiger partial charge on any atom is 0.245 e. The summed E-state index contributed by atoms with van der Waals surface area (Å²) in [5.41, 5.74) is 0. The van der Waals surface area contributed by atoms with Gasteiger partial charge in [0.2, 0.25) is 5.91 Å². The standard InChI is InChI=1S/C10H12ClNO2S/c11-8-1-3-9(4-2-8)15-6-5-12-10(14)7-13/h1-4,13H,5-7H2,(H,12,14). The quantitative estimate of drug-likeness (QED) is 0.611. The maximum absolute atomic E-state index is 10.7. The molecule has 0 saturated heterocycles. The van der Waals surface area contributed by atoms with E-state index in [-0.39, 0.29) is 5.91 Å². The Morgan fingerprint density at radius 3 is 2.67 bits per heavy atom. The normalized spacial score (nSPS) is 10.0. The molecule has 0 atom stereocenters. The molecule has 82 valence electrons. The van der Waals surface area contributed by atoms with E-state index in [2.05, 4.69) is 5.32 Å². The third-order valence-electron chi connectivity index (χ3n) is 1.65. The summed E-state index contributed by atoms with van der Waals surface area (Å²) in [6, 6.07) is 7.52. The lowest BCUT2D eigenvalue weighted by Crippen LogP contribution is -2.28. The highest BCUT2D eigenvalue weighted by Gasteiger charge is 1.97. The van der Waals surface area contributed by atoms with Gasteiger partial charge in [0.1, 0.15) is 6.61 Å². The molecule has 0 spiro atoms. The average molecular weight is 246 g/mol. The summed E-state index contributed by atoms with van der Waals surface area (Å²) in [5.74, 6) is 0.430. The highest BCUT2D eigenvalue weighted by molar-refractivity contribution is 7.99. The molecule has 0 bridgehead atoms. The van der Waals surface area contributed by atoms with Crippen molar-refractivity contribution in [3.8, 4) is 0 Å². The number of halogens is 1. The van der Waals surface area contributed by atoms with Crippen molar-refractivity contribution in [2.75, 3.05) is 18.9 Å². The number of carbonyl (C=O) groups is 1. The third kappa shape index (κ3) is 5.06. The van der Waals surface area contributed by atoms with E-state index >= 15 is 0 Å². The molecule has 1 rings (SSSR count). The minimum atomic E-state index is -0.453. The molecule has 0 unspecified atom stereocenters. The van der Waals surface area contributed by atoms with Crippen LogP contribution in [0.3, 0.4) is 0 Å². The first-order chi connectivity index (χ1) is 7.22. The molecular weight excluding hydrogens is 234 g/mol. The van der Waals surface area contributed by atoms with Crippen LogP contribution in [0.1, 0.15) is 0 Å². The lowest BCUT2D eigenvalue weighted by atomic mass is 10.4. The van der Waals surface area contributed by atoms with Crippen LogP contribution in [-0.4, -0.2) is 29.9 Å². The van der Waals surface area contributed by atoms with Crippen LogP contribution in [0.2, 0.25) is 5.02 Å². The van der Waals surface area contributed by atoms with Gasteiger partial charge in [0.15, 0.2) is 0 Å². The fourth-order valence-electron chi connectivity index (χ4n) is 0.946. The van der Waals surface area contributed by atoms with Crippen molar-refractivity contribution in [2.45, 2.75) is 4.90 Å². The van der Waals surface area contributed by atoms with Gasteiger partial charge in [-0.15, -0.1) is 11.8 Å². The van der Waals surface area contributed by atoms with Crippen molar-refractivity contribution in [3.05, 3.63) is 29.3 Å². The van der Waals surface area contributed by atoms with Crippen LogP contribution in [0.15, 0.2) is 29.2 Å². The van der Waals surface area contributed by atoms with Gasteiger partial charge in [-0.1, -0.05) is 11.6 Å². The minimum Gasteiger partial charge on any atom is -0.387 e. The number of hydrogen-bond donors (Lipinski definition) is 2.